The second kappa shape index (κ2) is 7.99. The fourth-order valence-corrected chi connectivity index (χ4v) is 2.10. The van der Waals surface area contributed by atoms with E-state index in [0.29, 0.717) is 0 Å². The molecule has 17 heavy (non-hydrogen) atoms. The standard InChI is InChI=1S/C15H26N2/c1-3-5-6-7-8-12-17(4-2)15-11-9-10-14(16)13-15/h9-11,13H,3-8,12,16H2,1-2H3. The molecular formula is C15H26N2. The summed E-state index contributed by atoms with van der Waals surface area (Å²) in [6.07, 6.45) is 6.66. The van der Waals surface area contributed by atoms with E-state index in [4.69, 9.17) is 5.73 Å². The Morgan fingerprint density at radius 2 is 1.82 bits per heavy atom. The number of benzene rings is 1. The van der Waals surface area contributed by atoms with Crippen molar-refractivity contribution in [2.45, 2.75) is 46.0 Å². The number of nitrogen functional groups attached to an aromatic ring is 1. The molecule has 0 spiro atoms. The second-order valence-corrected chi connectivity index (χ2v) is 4.59. The molecule has 2 N–H and O–H groups in total. The van der Waals surface area contributed by atoms with Gasteiger partial charge in [-0.2, -0.15) is 0 Å². The highest BCUT2D eigenvalue weighted by molar-refractivity contribution is 5.55. The van der Waals surface area contributed by atoms with Gasteiger partial charge in [0, 0.05) is 24.5 Å². The van der Waals surface area contributed by atoms with Crippen LogP contribution in [0.4, 0.5) is 11.4 Å². The fraction of sp³-hybridized carbons (Fsp3) is 0.600. The predicted molar refractivity (Wildman–Crippen MR) is 77.5 cm³/mol. The van der Waals surface area contributed by atoms with Crippen molar-refractivity contribution in [1.82, 2.24) is 0 Å². The Labute approximate surface area is 106 Å². The van der Waals surface area contributed by atoms with Crippen LogP contribution in [0.3, 0.4) is 0 Å². The summed E-state index contributed by atoms with van der Waals surface area (Å²) in [5.41, 5.74) is 7.93. The van der Waals surface area contributed by atoms with Crippen LogP contribution in [0.15, 0.2) is 24.3 Å². The van der Waals surface area contributed by atoms with Crippen molar-refractivity contribution in [3.05, 3.63) is 24.3 Å². The molecule has 1 aromatic rings. The van der Waals surface area contributed by atoms with E-state index in [9.17, 15) is 0 Å². The molecule has 0 saturated heterocycles. The maximum absolute atomic E-state index is 5.82. The zero-order valence-corrected chi connectivity index (χ0v) is 11.3. The molecular weight excluding hydrogens is 208 g/mol. The average molecular weight is 234 g/mol. The van der Waals surface area contributed by atoms with Crippen molar-refractivity contribution >= 4 is 11.4 Å². The third kappa shape index (κ3) is 5.12. The first kappa shape index (κ1) is 13.9. The normalized spacial score (nSPS) is 10.5. The predicted octanol–water partition coefficient (Wildman–Crippen LogP) is 4.07. The SMILES string of the molecule is CCCCCCCN(CC)c1cccc(N)c1. The van der Waals surface area contributed by atoms with E-state index in [1.165, 1.54) is 37.8 Å². The van der Waals surface area contributed by atoms with Gasteiger partial charge in [0.1, 0.15) is 0 Å². The lowest BCUT2D eigenvalue weighted by atomic mass is 10.1. The molecule has 0 radical (unpaired) electrons. The van der Waals surface area contributed by atoms with Gasteiger partial charge >= 0.3 is 0 Å². The fourth-order valence-electron chi connectivity index (χ4n) is 2.10. The third-order valence-electron chi connectivity index (χ3n) is 3.15. The van der Waals surface area contributed by atoms with E-state index in [-0.39, 0.29) is 0 Å². The quantitative estimate of drug-likeness (QED) is 0.543. The largest absolute Gasteiger partial charge is 0.399 e. The lowest BCUT2D eigenvalue weighted by Gasteiger charge is -2.23. The molecule has 96 valence electrons. The van der Waals surface area contributed by atoms with Crippen molar-refractivity contribution in [3.63, 3.8) is 0 Å². The van der Waals surface area contributed by atoms with E-state index < -0.39 is 0 Å². The van der Waals surface area contributed by atoms with Gasteiger partial charge in [-0.25, -0.2) is 0 Å². The van der Waals surface area contributed by atoms with Crippen LogP contribution in [-0.2, 0) is 0 Å². The minimum absolute atomic E-state index is 0.854. The molecule has 0 aromatic heterocycles. The zero-order valence-electron chi connectivity index (χ0n) is 11.3. The van der Waals surface area contributed by atoms with Crippen LogP contribution in [-0.4, -0.2) is 13.1 Å². The second-order valence-electron chi connectivity index (χ2n) is 4.59. The lowest BCUT2D eigenvalue weighted by Crippen LogP contribution is -2.23. The number of hydrogen-bond donors (Lipinski definition) is 1. The van der Waals surface area contributed by atoms with Crippen molar-refractivity contribution in [1.29, 1.82) is 0 Å². The maximum atomic E-state index is 5.82. The summed E-state index contributed by atoms with van der Waals surface area (Å²) in [5.74, 6) is 0. The van der Waals surface area contributed by atoms with Crippen LogP contribution in [0.1, 0.15) is 46.0 Å². The highest BCUT2D eigenvalue weighted by Crippen LogP contribution is 2.18. The van der Waals surface area contributed by atoms with Gasteiger partial charge in [-0.15, -0.1) is 0 Å². The molecule has 0 heterocycles. The van der Waals surface area contributed by atoms with Crippen LogP contribution >= 0.6 is 0 Å². The molecule has 0 amide bonds. The molecule has 0 saturated carbocycles. The van der Waals surface area contributed by atoms with E-state index in [0.717, 1.165) is 18.8 Å². The Kier molecular flexibility index (Phi) is 6.53. The summed E-state index contributed by atoms with van der Waals surface area (Å²) in [6.45, 7) is 6.65. The summed E-state index contributed by atoms with van der Waals surface area (Å²) in [5, 5.41) is 0. The smallest absolute Gasteiger partial charge is 0.0386 e. The monoisotopic (exact) mass is 234 g/mol. The number of anilines is 2. The van der Waals surface area contributed by atoms with Crippen LogP contribution in [0.25, 0.3) is 0 Å². The molecule has 1 rings (SSSR count). The van der Waals surface area contributed by atoms with E-state index in [1.807, 2.05) is 12.1 Å². The Hall–Kier alpha value is -1.18. The van der Waals surface area contributed by atoms with Gasteiger partial charge in [-0.3, -0.25) is 0 Å². The van der Waals surface area contributed by atoms with Gasteiger partial charge in [0.05, 0.1) is 0 Å². The minimum atomic E-state index is 0.854. The van der Waals surface area contributed by atoms with Crippen LogP contribution in [0.5, 0.6) is 0 Å². The molecule has 0 aliphatic heterocycles. The summed E-state index contributed by atoms with van der Waals surface area (Å²) >= 11 is 0. The molecule has 0 atom stereocenters. The number of unbranched alkanes of at least 4 members (excludes halogenated alkanes) is 4. The first-order valence-corrected chi connectivity index (χ1v) is 6.88. The highest BCUT2D eigenvalue weighted by atomic mass is 15.1. The van der Waals surface area contributed by atoms with Gasteiger partial charge in [-0.1, -0.05) is 38.7 Å². The topological polar surface area (TPSA) is 29.3 Å². The molecule has 0 aliphatic rings. The first-order valence-electron chi connectivity index (χ1n) is 6.88. The van der Waals surface area contributed by atoms with Crippen molar-refractivity contribution in [2.75, 3.05) is 23.7 Å². The summed E-state index contributed by atoms with van der Waals surface area (Å²) in [4.78, 5) is 2.41. The van der Waals surface area contributed by atoms with Gasteiger partial charge in [-0.05, 0) is 31.5 Å². The van der Waals surface area contributed by atoms with E-state index in [2.05, 4.69) is 30.9 Å². The van der Waals surface area contributed by atoms with Crippen LogP contribution in [0.2, 0.25) is 0 Å². The molecule has 0 fully saturated rings. The van der Waals surface area contributed by atoms with Gasteiger partial charge in [0.15, 0.2) is 0 Å². The number of nitrogens with zero attached hydrogens (tertiary/aromatic N) is 1. The maximum Gasteiger partial charge on any atom is 0.0386 e. The lowest BCUT2D eigenvalue weighted by molar-refractivity contribution is 0.622. The van der Waals surface area contributed by atoms with Gasteiger partial charge in [0.25, 0.3) is 0 Å². The van der Waals surface area contributed by atoms with Crippen LogP contribution in [0, 0.1) is 0 Å². The molecule has 2 nitrogen and oxygen atoms in total. The Bertz CT molecular complexity index is 310. The zero-order chi connectivity index (χ0) is 12.5. The molecule has 2 heteroatoms. The molecule has 0 bridgehead atoms. The number of nitrogens with two attached hydrogens (primary N) is 1. The number of hydrogen-bond acceptors (Lipinski definition) is 2. The van der Waals surface area contributed by atoms with E-state index in [1.54, 1.807) is 0 Å². The third-order valence-corrected chi connectivity index (χ3v) is 3.15. The van der Waals surface area contributed by atoms with Gasteiger partial charge < -0.3 is 10.6 Å². The minimum Gasteiger partial charge on any atom is -0.399 e. The first-order chi connectivity index (χ1) is 8.27. The van der Waals surface area contributed by atoms with Crippen molar-refractivity contribution in [2.24, 2.45) is 0 Å². The summed E-state index contributed by atoms with van der Waals surface area (Å²) in [6, 6.07) is 8.18. The van der Waals surface area contributed by atoms with Crippen LogP contribution < -0.4 is 10.6 Å². The van der Waals surface area contributed by atoms with Crippen molar-refractivity contribution in [3.8, 4) is 0 Å². The van der Waals surface area contributed by atoms with E-state index >= 15 is 0 Å². The summed E-state index contributed by atoms with van der Waals surface area (Å²) in [7, 11) is 0. The highest BCUT2D eigenvalue weighted by Gasteiger charge is 2.03. The summed E-state index contributed by atoms with van der Waals surface area (Å²) < 4.78 is 0. The number of rotatable bonds is 8. The Balaban J connectivity index is 2.38. The Morgan fingerprint density at radius 1 is 1.06 bits per heavy atom. The average Bonchev–Trinajstić information content (AvgIpc) is 2.34. The molecule has 0 aliphatic carbocycles. The molecule has 0 unspecified atom stereocenters. The van der Waals surface area contributed by atoms with Crippen molar-refractivity contribution < 1.29 is 0 Å². The molecule has 1 aromatic carbocycles. The van der Waals surface area contributed by atoms with Gasteiger partial charge in [0.2, 0.25) is 0 Å². The Morgan fingerprint density at radius 3 is 2.47 bits per heavy atom.